The predicted octanol–water partition coefficient (Wildman–Crippen LogP) is 3.45. The van der Waals surface area contributed by atoms with Crippen LogP contribution in [0.5, 0.6) is 0 Å². The third-order valence-corrected chi connectivity index (χ3v) is 3.12. The molecule has 1 N–H and O–H groups in total. The van der Waals surface area contributed by atoms with Gasteiger partial charge in [-0.05, 0) is 29.2 Å². The summed E-state index contributed by atoms with van der Waals surface area (Å²) in [5, 5.41) is 11.5. The molecule has 1 rings (SSSR count). The van der Waals surface area contributed by atoms with E-state index < -0.39 is 0 Å². The van der Waals surface area contributed by atoms with Gasteiger partial charge in [-0.2, -0.15) is 5.26 Å². The molecule has 0 spiro atoms. The molecular formula is C19H25N3O2. The van der Waals surface area contributed by atoms with E-state index in [4.69, 9.17) is 5.26 Å². The minimum absolute atomic E-state index is 0.0288. The molecule has 0 heterocycles. The van der Waals surface area contributed by atoms with Gasteiger partial charge in [-0.1, -0.05) is 32.9 Å². The van der Waals surface area contributed by atoms with Crippen molar-refractivity contribution in [2.45, 2.75) is 34.1 Å². The number of hydrogen-bond acceptors (Lipinski definition) is 3. The lowest BCUT2D eigenvalue weighted by molar-refractivity contribution is -0.127. The Morgan fingerprint density at radius 3 is 2.38 bits per heavy atom. The van der Waals surface area contributed by atoms with Crippen LogP contribution < -0.4 is 5.32 Å². The van der Waals surface area contributed by atoms with Crippen LogP contribution in [0.1, 0.15) is 39.7 Å². The largest absolute Gasteiger partial charge is 0.338 e. The van der Waals surface area contributed by atoms with Crippen molar-refractivity contribution in [3.63, 3.8) is 0 Å². The molecule has 0 aliphatic carbocycles. The van der Waals surface area contributed by atoms with E-state index in [1.54, 1.807) is 23.1 Å². The maximum atomic E-state index is 12.4. The van der Waals surface area contributed by atoms with Gasteiger partial charge in [0.15, 0.2) is 0 Å². The standard InChI is InChI=1S/C19H25N3O2/c1-15(23)21-17-9-6-16(7-10-17)8-11-18(24)22(13-5-12-20)14-19(2,3)4/h6-11H,5,13-14H2,1-4H3,(H,21,23)/b11-8+. The summed E-state index contributed by atoms with van der Waals surface area (Å²) in [5.74, 6) is -0.227. The molecule has 0 bridgehead atoms. The van der Waals surface area contributed by atoms with Crippen molar-refractivity contribution < 1.29 is 9.59 Å². The van der Waals surface area contributed by atoms with Gasteiger partial charge in [-0.15, -0.1) is 0 Å². The number of carbonyl (C=O) groups is 2. The number of nitrogens with zero attached hydrogens (tertiary/aromatic N) is 2. The molecule has 0 aliphatic rings. The third-order valence-electron chi connectivity index (χ3n) is 3.12. The van der Waals surface area contributed by atoms with Gasteiger partial charge in [0.25, 0.3) is 0 Å². The highest BCUT2D eigenvalue weighted by Crippen LogP contribution is 2.16. The summed E-state index contributed by atoms with van der Waals surface area (Å²) in [6, 6.07) is 9.32. The monoisotopic (exact) mass is 327 g/mol. The third kappa shape index (κ3) is 7.59. The van der Waals surface area contributed by atoms with Crippen molar-refractivity contribution in [3.8, 4) is 6.07 Å². The van der Waals surface area contributed by atoms with Gasteiger partial charge in [0.2, 0.25) is 11.8 Å². The smallest absolute Gasteiger partial charge is 0.246 e. The van der Waals surface area contributed by atoms with E-state index in [-0.39, 0.29) is 17.2 Å². The molecule has 0 radical (unpaired) electrons. The first kappa shape index (κ1) is 19.4. The normalized spacial score (nSPS) is 11.1. The molecule has 0 aliphatic heterocycles. The van der Waals surface area contributed by atoms with E-state index in [1.165, 1.54) is 13.0 Å². The van der Waals surface area contributed by atoms with Crippen LogP contribution in [0.4, 0.5) is 5.69 Å². The number of benzene rings is 1. The summed E-state index contributed by atoms with van der Waals surface area (Å²) in [6.07, 6.45) is 3.58. The number of amides is 2. The Morgan fingerprint density at radius 2 is 1.88 bits per heavy atom. The van der Waals surface area contributed by atoms with Crippen LogP contribution in [0.15, 0.2) is 30.3 Å². The second-order valence-corrected chi connectivity index (χ2v) is 6.87. The lowest BCUT2D eigenvalue weighted by atomic mass is 9.96. The quantitative estimate of drug-likeness (QED) is 0.813. The zero-order valence-electron chi connectivity index (χ0n) is 14.8. The predicted molar refractivity (Wildman–Crippen MR) is 96.0 cm³/mol. The van der Waals surface area contributed by atoms with E-state index in [2.05, 4.69) is 32.2 Å². The van der Waals surface area contributed by atoms with Crippen LogP contribution in [0.2, 0.25) is 0 Å². The van der Waals surface area contributed by atoms with Gasteiger partial charge >= 0.3 is 0 Å². The molecular weight excluding hydrogens is 302 g/mol. The fourth-order valence-corrected chi connectivity index (χ4v) is 2.18. The first-order valence-electron chi connectivity index (χ1n) is 7.93. The van der Waals surface area contributed by atoms with Gasteiger partial charge < -0.3 is 10.2 Å². The molecule has 5 nitrogen and oxygen atoms in total. The molecule has 0 fully saturated rings. The minimum Gasteiger partial charge on any atom is -0.338 e. The summed E-state index contributed by atoms with van der Waals surface area (Å²) < 4.78 is 0. The Balaban J connectivity index is 2.76. The van der Waals surface area contributed by atoms with E-state index in [0.29, 0.717) is 25.2 Å². The SMILES string of the molecule is CC(=O)Nc1ccc(/C=C/C(=O)N(CCC#N)CC(C)(C)C)cc1. The average molecular weight is 327 g/mol. The molecule has 5 heteroatoms. The second kappa shape index (κ2) is 8.88. The molecule has 24 heavy (non-hydrogen) atoms. The van der Waals surface area contributed by atoms with Crippen LogP contribution >= 0.6 is 0 Å². The maximum Gasteiger partial charge on any atom is 0.246 e. The van der Waals surface area contributed by atoms with Gasteiger partial charge in [0.05, 0.1) is 12.5 Å². The van der Waals surface area contributed by atoms with Crippen molar-refractivity contribution in [1.29, 1.82) is 5.26 Å². The molecule has 2 amide bonds. The van der Waals surface area contributed by atoms with Crippen molar-refractivity contribution in [1.82, 2.24) is 4.90 Å². The minimum atomic E-state index is -0.121. The number of anilines is 1. The topological polar surface area (TPSA) is 73.2 Å². The zero-order chi connectivity index (χ0) is 18.2. The van der Waals surface area contributed by atoms with E-state index in [1.807, 2.05) is 12.1 Å². The summed E-state index contributed by atoms with van der Waals surface area (Å²) in [4.78, 5) is 25.1. The Labute approximate surface area is 144 Å². The Kier molecular flexibility index (Phi) is 7.19. The van der Waals surface area contributed by atoms with Crippen molar-refractivity contribution in [3.05, 3.63) is 35.9 Å². The van der Waals surface area contributed by atoms with E-state index in [9.17, 15) is 9.59 Å². The summed E-state index contributed by atoms with van der Waals surface area (Å²) in [5.41, 5.74) is 1.56. The molecule has 128 valence electrons. The second-order valence-electron chi connectivity index (χ2n) is 6.87. The van der Waals surface area contributed by atoms with Gasteiger partial charge in [0.1, 0.15) is 0 Å². The lowest BCUT2D eigenvalue weighted by Gasteiger charge is -2.28. The molecule has 0 saturated heterocycles. The van der Waals surface area contributed by atoms with Crippen LogP contribution in [-0.4, -0.2) is 29.8 Å². The Bertz CT molecular complexity index is 634. The summed E-state index contributed by atoms with van der Waals surface area (Å²) in [6.45, 7) is 8.66. The van der Waals surface area contributed by atoms with Crippen LogP contribution in [0.3, 0.4) is 0 Å². The van der Waals surface area contributed by atoms with Crippen molar-refractivity contribution >= 4 is 23.6 Å². The molecule has 1 aromatic carbocycles. The molecule has 0 unspecified atom stereocenters. The van der Waals surface area contributed by atoms with Gasteiger partial charge in [-0.3, -0.25) is 9.59 Å². The van der Waals surface area contributed by atoms with E-state index >= 15 is 0 Å². The highest BCUT2D eigenvalue weighted by molar-refractivity contribution is 5.92. The number of hydrogen-bond donors (Lipinski definition) is 1. The summed E-state index contributed by atoms with van der Waals surface area (Å²) in [7, 11) is 0. The van der Waals surface area contributed by atoms with Crippen LogP contribution in [0.25, 0.3) is 6.08 Å². The fraction of sp³-hybridized carbons (Fsp3) is 0.421. The summed E-state index contributed by atoms with van der Waals surface area (Å²) >= 11 is 0. The lowest BCUT2D eigenvalue weighted by Crippen LogP contribution is -2.37. The van der Waals surface area contributed by atoms with Crippen molar-refractivity contribution in [2.24, 2.45) is 5.41 Å². The van der Waals surface area contributed by atoms with E-state index in [0.717, 1.165) is 5.56 Å². The van der Waals surface area contributed by atoms with Gasteiger partial charge in [-0.25, -0.2) is 0 Å². The Hall–Kier alpha value is -2.61. The van der Waals surface area contributed by atoms with Crippen LogP contribution in [-0.2, 0) is 9.59 Å². The Morgan fingerprint density at radius 1 is 1.25 bits per heavy atom. The highest BCUT2D eigenvalue weighted by Gasteiger charge is 2.19. The molecule has 1 aromatic rings. The molecule has 0 saturated carbocycles. The number of nitriles is 1. The van der Waals surface area contributed by atoms with Crippen LogP contribution in [0, 0.1) is 16.7 Å². The first-order chi connectivity index (χ1) is 11.2. The van der Waals surface area contributed by atoms with Gasteiger partial charge in [0, 0.05) is 31.8 Å². The number of rotatable bonds is 6. The number of nitrogens with one attached hydrogen (secondary N) is 1. The average Bonchev–Trinajstić information content (AvgIpc) is 2.48. The zero-order valence-corrected chi connectivity index (χ0v) is 14.8. The molecule has 0 aromatic heterocycles. The maximum absolute atomic E-state index is 12.4. The fourth-order valence-electron chi connectivity index (χ4n) is 2.18. The molecule has 0 atom stereocenters. The highest BCUT2D eigenvalue weighted by atomic mass is 16.2. The van der Waals surface area contributed by atoms with Crippen molar-refractivity contribution in [2.75, 3.05) is 18.4 Å². The number of carbonyl (C=O) groups excluding carboxylic acids is 2. The first-order valence-corrected chi connectivity index (χ1v) is 7.93.